The molecular formula is C19H15N3OS2. The van der Waals surface area contributed by atoms with Gasteiger partial charge >= 0.3 is 0 Å². The van der Waals surface area contributed by atoms with Crippen molar-refractivity contribution in [3.05, 3.63) is 79.0 Å². The number of para-hydroxylation sites is 2. The zero-order valence-electron chi connectivity index (χ0n) is 13.7. The highest BCUT2D eigenvalue weighted by molar-refractivity contribution is 7.73. The molecular weight excluding hydrogens is 350 g/mol. The van der Waals surface area contributed by atoms with Crippen molar-refractivity contribution >= 4 is 29.6 Å². The van der Waals surface area contributed by atoms with Crippen LogP contribution in [0.15, 0.2) is 58.3 Å². The van der Waals surface area contributed by atoms with E-state index in [9.17, 15) is 5.11 Å². The fourth-order valence-electron chi connectivity index (χ4n) is 2.85. The van der Waals surface area contributed by atoms with Gasteiger partial charge in [0.1, 0.15) is 0 Å². The summed E-state index contributed by atoms with van der Waals surface area (Å²) in [5.41, 5.74) is 3.12. The summed E-state index contributed by atoms with van der Waals surface area (Å²) >= 11 is 6.82. The van der Waals surface area contributed by atoms with E-state index in [1.165, 1.54) is 16.9 Å². The lowest BCUT2D eigenvalue weighted by molar-refractivity contribution is 0.441. The Morgan fingerprint density at radius 1 is 1.08 bits per heavy atom. The minimum absolute atomic E-state index is 0.121. The second kappa shape index (κ2) is 6.06. The predicted octanol–water partition coefficient (Wildman–Crippen LogP) is 3.84. The van der Waals surface area contributed by atoms with Gasteiger partial charge in [-0.25, -0.2) is 9.98 Å². The van der Waals surface area contributed by atoms with Gasteiger partial charge in [-0.3, -0.25) is 4.57 Å². The van der Waals surface area contributed by atoms with Crippen LogP contribution in [0.25, 0.3) is 11.8 Å². The van der Waals surface area contributed by atoms with Crippen molar-refractivity contribution in [1.29, 1.82) is 0 Å². The van der Waals surface area contributed by atoms with Crippen LogP contribution in [-0.2, 0) is 0 Å². The fraction of sp³-hybridized carbons (Fsp3) is 0.105. The molecule has 0 saturated heterocycles. The first-order valence-electron chi connectivity index (χ1n) is 7.79. The lowest BCUT2D eigenvalue weighted by atomic mass is 10.1. The Morgan fingerprint density at radius 3 is 2.40 bits per heavy atom. The Balaban J connectivity index is 1.83. The first-order chi connectivity index (χ1) is 12.0. The van der Waals surface area contributed by atoms with E-state index in [2.05, 4.69) is 16.1 Å². The van der Waals surface area contributed by atoms with Crippen molar-refractivity contribution in [2.45, 2.75) is 13.8 Å². The van der Waals surface area contributed by atoms with Crippen molar-refractivity contribution in [3.63, 3.8) is 0 Å². The molecule has 0 amide bonds. The van der Waals surface area contributed by atoms with Gasteiger partial charge in [0.05, 0.1) is 21.3 Å². The quantitative estimate of drug-likeness (QED) is 0.702. The average molecular weight is 365 g/mol. The van der Waals surface area contributed by atoms with E-state index in [0.717, 1.165) is 22.0 Å². The second-order valence-corrected chi connectivity index (χ2v) is 7.57. The van der Waals surface area contributed by atoms with E-state index in [1.807, 2.05) is 50.2 Å². The molecule has 0 atom stereocenters. The molecule has 1 aliphatic heterocycles. The summed E-state index contributed by atoms with van der Waals surface area (Å²) in [6.07, 6.45) is 1.77. The van der Waals surface area contributed by atoms with Gasteiger partial charge < -0.3 is 5.11 Å². The number of hydrogen-bond acceptors (Lipinski definition) is 5. The minimum atomic E-state index is 0.121. The maximum Gasteiger partial charge on any atom is 0.215 e. The van der Waals surface area contributed by atoms with Gasteiger partial charge in [0.25, 0.3) is 0 Å². The highest BCUT2D eigenvalue weighted by Crippen LogP contribution is 2.33. The minimum Gasteiger partial charge on any atom is -0.493 e. The lowest BCUT2D eigenvalue weighted by Gasteiger charge is -2.09. The first-order valence-corrected chi connectivity index (χ1v) is 9.02. The lowest BCUT2D eigenvalue weighted by Crippen LogP contribution is -2.19. The molecule has 0 aliphatic carbocycles. The molecule has 2 aromatic carbocycles. The molecule has 4 rings (SSSR count). The molecule has 2 heterocycles. The van der Waals surface area contributed by atoms with Gasteiger partial charge in [0, 0.05) is 6.08 Å². The Labute approximate surface area is 153 Å². The highest BCUT2D eigenvalue weighted by Gasteiger charge is 2.15. The van der Waals surface area contributed by atoms with Crippen LogP contribution in [0.5, 0.6) is 5.88 Å². The van der Waals surface area contributed by atoms with E-state index >= 15 is 0 Å². The molecule has 0 saturated carbocycles. The number of aromatic nitrogens is 1. The molecule has 124 valence electrons. The number of rotatable bonds is 2. The molecule has 4 nitrogen and oxygen atoms in total. The van der Waals surface area contributed by atoms with E-state index < -0.39 is 0 Å². The molecule has 0 radical (unpaired) electrons. The molecule has 1 N–H and O–H groups in total. The van der Waals surface area contributed by atoms with Crippen LogP contribution in [0, 0.1) is 17.8 Å². The topological polar surface area (TPSA) is 49.9 Å². The van der Waals surface area contributed by atoms with Crippen LogP contribution in [0.1, 0.15) is 16.0 Å². The molecule has 1 aromatic heterocycles. The zero-order valence-corrected chi connectivity index (χ0v) is 15.4. The summed E-state index contributed by atoms with van der Waals surface area (Å²) in [4.78, 5) is 9.60. The van der Waals surface area contributed by atoms with Gasteiger partial charge in [-0.2, -0.15) is 0 Å². The third-order valence-electron chi connectivity index (χ3n) is 4.02. The number of nitrogens with zero attached hydrogens (tertiary/aromatic N) is 3. The van der Waals surface area contributed by atoms with Gasteiger partial charge in [-0.1, -0.05) is 29.8 Å². The Morgan fingerprint density at radius 2 is 1.76 bits per heavy atom. The van der Waals surface area contributed by atoms with Crippen molar-refractivity contribution in [1.82, 2.24) is 4.57 Å². The molecule has 0 spiro atoms. The summed E-state index contributed by atoms with van der Waals surface area (Å²) in [6, 6.07) is 13.8. The largest absolute Gasteiger partial charge is 0.493 e. The molecule has 6 heteroatoms. The third-order valence-corrected chi connectivity index (χ3v) is 5.33. The number of fused-ring (bicyclic) bond motifs is 1. The number of thiazole rings is 1. The van der Waals surface area contributed by atoms with Crippen LogP contribution in [0.2, 0.25) is 0 Å². The Bertz CT molecular complexity index is 1170. The van der Waals surface area contributed by atoms with Crippen molar-refractivity contribution in [3.8, 4) is 11.6 Å². The number of aromatic hydroxyl groups is 1. The standard InChI is InChI=1S/C19H15N3OS2/c1-11-7-8-15(12(2)9-11)22-18(23)16(25-19(22)24)10-17-20-13-5-3-4-6-14(13)21-17/h3-10,23H,1-2H3. The van der Waals surface area contributed by atoms with E-state index in [1.54, 1.807) is 10.6 Å². The zero-order chi connectivity index (χ0) is 17.6. The van der Waals surface area contributed by atoms with E-state index in [0.29, 0.717) is 14.7 Å². The summed E-state index contributed by atoms with van der Waals surface area (Å²) in [5, 5.41) is 12.4. The normalized spacial score (nSPS) is 12.5. The summed E-state index contributed by atoms with van der Waals surface area (Å²) < 4.78 is 2.29. The fourth-order valence-corrected chi connectivity index (χ4v) is 4.12. The Hall–Kier alpha value is -2.57. The average Bonchev–Trinajstić information content (AvgIpc) is 3.09. The summed E-state index contributed by atoms with van der Waals surface area (Å²) in [5.74, 6) is 0.691. The second-order valence-electron chi connectivity index (χ2n) is 5.90. The molecule has 3 aromatic rings. The molecule has 25 heavy (non-hydrogen) atoms. The van der Waals surface area contributed by atoms with Crippen molar-refractivity contribution in [2.24, 2.45) is 9.98 Å². The van der Waals surface area contributed by atoms with Crippen molar-refractivity contribution in [2.75, 3.05) is 0 Å². The van der Waals surface area contributed by atoms with Gasteiger partial charge in [-0.15, -0.1) is 11.3 Å². The SMILES string of the molecule is Cc1ccc(-n2c(O)c(C=C3N=c4ccccc4=N3)sc2=S)c(C)c1. The maximum absolute atomic E-state index is 10.7. The number of hydrogen-bond donors (Lipinski definition) is 1. The van der Waals surface area contributed by atoms with Gasteiger partial charge in [0.15, 0.2) is 9.78 Å². The molecule has 0 fully saturated rings. The maximum atomic E-state index is 10.7. The van der Waals surface area contributed by atoms with E-state index in [-0.39, 0.29) is 5.88 Å². The van der Waals surface area contributed by atoms with Crippen LogP contribution in [-0.4, -0.2) is 9.67 Å². The van der Waals surface area contributed by atoms with Crippen molar-refractivity contribution < 1.29 is 5.11 Å². The smallest absolute Gasteiger partial charge is 0.215 e. The van der Waals surface area contributed by atoms with Crippen LogP contribution < -0.4 is 10.7 Å². The summed E-state index contributed by atoms with van der Waals surface area (Å²) in [6.45, 7) is 4.05. The van der Waals surface area contributed by atoms with E-state index in [4.69, 9.17) is 12.2 Å². The monoisotopic (exact) mass is 365 g/mol. The Kier molecular flexibility index (Phi) is 3.86. The van der Waals surface area contributed by atoms with Crippen LogP contribution in [0.4, 0.5) is 0 Å². The third kappa shape index (κ3) is 2.83. The van der Waals surface area contributed by atoms with Gasteiger partial charge in [0.2, 0.25) is 5.88 Å². The van der Waals surface area contributed by atoms with Crippen LogP contribution >= 0.6 is 23.6 Å². The van der Waals surface area contributed by atoms with Gasteiger partial charge in [-0.05, 0) is 49.8 Å². The molecule has 0 bridgehead atoms. The van der Waals surface area contributed by atoms with Crippen LogP contribution in [0.3, 0.4) is 0 Å². The summed E-state index contributed by atoms with van der Waals surface area (Å²) in [7, 11) is 0. The molecule has 1 aliphatic rings. The predicted molar refractivity (Wildman–Crippen MR) is 102 cm³/mol. The first kappa shape index (κ1) is 15.9. The molecule has 0 unspecified atom stereocenters. The number of aryl methyl sites for hydroxylation is 2. The number of benzene rings is 2. The highest BCUT2D eigenvalue weighted by atomic mass is 32.1.